The van der Waals surface area contributed by atoms with Crippen LogP contribution in [0.1, 0.15) is 16.8 Å². The quantitative estimate of drug-likeness (QED) is 0.836. The van der Waals surface area contributed by atoms with Crippen molar-refractivity contribution in [2.24, 2.45) is 0 Å². The van der Waals surface area contributed by atoms with Crippen LogP contribution in [0.25, 0.3) is 0 Å². The lowest BCUT2D eigenvalue weighted by molar-refractivity contribution is -0.131. The van der Waals surface area contributed by atoms with Crippen molar-refractivity contribution in [2.45, 2.75) is 19.4 Å². The van der Waals surface area contributed by atoms with Gasteiger partial charge in [0.15, 0.2) is 0 Å². The van der Waals surface area contributed by atoms with Crippen molar-refractivity contribution in [1.82, 2.24) is 14.9 Å². The molecule has 20 heavy (non-hydrogen) atoms. The summed E-state index contributed by atoms with van der Waals surface area (Å²) in [5.74, 6) is -0.239. The molecule has 1 aromatic carbocycles. The minimum absolute atomic E-state index is 0.0473. The maximum Gasteiger partial charge on any atom is 0.227 e. The first-order valence-corrected chi connectivity index (χ1v) is 6.52. The molecule has 0 atom stereocenters. The molecular weight excluding hydrogens is 257 g/mol. The van der Waals surface area contributed by atoms with Gasteiger partial charge in [-0.2, -0.15) is 0 Å². The van der Waals surface area contributed by atoms with E-state index in [0.717, 1.165) is 23.2 Å². The summed E-state index contributed by atoms with van der Waals surface area (Å²) in [6.45, 7) is 1.22. The number of fused-ring (bicyclic) bond motifs is 1. The van der Waals surface area contributed by atoms with Crippen molar-refractivity contribution in [2.75, 3.05) is 6.54 Å². The summed E-state index contributed by atoms with van der Waals surface area (Å²) in [4.78, 5) is 22.3. The van der Waals surface area contributed by atoms with E-state index in [2.05, 4.69) is 9.97 Å². The predicted molar refractivity (Wildman–Crippen MR) is 71.3 cm³/mol. The van der Waals surface area contributed by atoms with Gasteiger partial charge in [0, 0.05) is 31.3 Å². The monoisotopic (exact) mass is 271 g/mol. The molecule has 2 aromatic rings. The van der Waals surface area contributed by atoms with E-state index < -0.39 is 0 Å². The van der Waals surface area contributed by atoms with E-state index in [-0.39, 0.29) is 11.7 Å². The predicted octanol–water partition coefficient (Wildman–Crippen LogP) is 1.74. The van der Waals surface area contributed by atoms with Crippen molar-refractivity contribution in [3.05, 3.63) is 59.4 Å². The Morgan fingerprint density at radius 3 is 2.90 bits per heavy atom. The summed E-state index contributed by atoms with van der Waals surface area (Å²) in [5, 5.41) is 0. The molecule has 2 heterocycles. The van der Waals surface area contributed by atoms with E-state index in [9.17, 15) is 9.18 Å². The molecule has 0 saturated carbocycles. The fraction of sp³-hybridized carbons (Fsp3) is 0.267. The van der Waals surface area contributed by atoms with Crippen molar-refractivity contribution in [3.8, 4) is 0 Å². The second-order valence-corrected chi connectivity index (χ2v) is 4.86. The lowest BCUT2D eigenvalue weighted by Crippen LogP contribution is -2.37. The number of carbonyl (C=O) groups is 1. The van der Waals surface area contributed by atoms with Gasteiger partial charge < -0.3 is 4.90 Å². The van der Waals surface area contributed by atoms with Crippen LogP contribution in [-0.4, -0.2) is 27.3 Å². The first-order valence-electron chi connectivity index (χ1n) is 6.52. The summed E-state index contributed by atoms with van der Waals surface area (Å²) in [5.41, 5.74) is 2.85. The lowest BCUT2D eigenvalue weighted by atomic mass is 10.1. The van der Waals surface area contributed by atoms with Gasteiger partial charge in [-0.25, -0.2) is 14.4 Å². The maximum absolute atomic E-state index is 12.8. The fourth-order valence-corrected chi connectivity index (χ4v) is 2.37. The number of halogens is 1. The number of hydrogen-bond acceptors (Lipinski definition) is 3. The molecule has 4 nitrogen and oxygen atoms in total. The van der Waals surface area contributed by atoms with Crippen LogP contribution in [0.3, 0.4) is 0 Å². The largest absolute Gasteiger partial charge is 0.338 e. The van der Waals surface area contributed by atoms with E-state index in [0.29, 0.717) is 19.5 Å². The Morgan fingerprint density at radius 2 is 2.10 bits per heavy atom. The smallest absolute Gasteiger partial charge is 0.227 e. The van der Waals surface area contributed by atoms with Crippen LogP contribution in [0.15, 0.2) is 36.8 Å². The molecule has 0 spiro atoms. The molecule has 1 aliphatic rings. The average Bonchev–Trinajstić information content (AvgIpc) is 2.49. The van der Waals surface area contributed by atoms with Crippen molar-refractivity contribution in [3.63, 3.8) is 0 Å². The number of nitrogens with zero attached hydrogens (tertiary/aromatic N) is 3. The zero-order valence-corrected chi connectivity index (χ0v) is 10.9. The molecule has 0 N–H and O–H groups in total. The molecule has 0 unspecified atom stereocenters. The van der Waals surface area contributed by atoms with Gasteiger partial charge in [-0.15, -0.1) is 0 Å². The van der Waals surface area contributed by atoms with E-state index in [1.165, 1.54) is 18.5 Å². The summed E-state index contributed by atoms with van der Waals surface area (Å²) >= 11 is 0. The van der Waals surface area contributed by atoms with Gasteiger partial charge in [-0.05, 0) is 17.7 Å². The van der Waals surface area contributed by atoms with Gasteiger partial charge in [0.2, 0.25) is 5.91 Å². The van der Waals surface area contributed by atoms with Crippen LogP contribution in [0.2, 0.25) is 0 Å². The average molecular weight is 271 g/mol. The summed E-state index contributed by atoms with van der Waals surface area (Å²) in [6, 6.07) is 6.05. The Kier molecular flexibility index (Phi) is 3.41. The number of aromatic nitrogens is 2. The molecule has 0 aliphatic carbocycles. The Bertz CT molecular complexity index is 627. The van der Waals surface area contributed by atoms with Gasteiger partial charge in [0.05, 0.1) is 12.1 Å². The summed E-state index contributed by atoms with van der Waals surface area (Å²) in [6.07, 6.45) is 4.35. The minimum atomic E-state index is -0.287. The molecule has 3 rings (SSSR count). The van der Waals surface area contributed by atoms with Crippen LogP contribution in [0.5, 0.6) is 0 Å². The van der Waals surface area contributed by atoms with E-state index >= 15 is 0 Å². The molecule has 1 aromatic heterocycles. The highest BCUT2D eigenvalue weighted by atomic mass is 19.1. The first kappa shape index (κ1) is 12.7. The highest BCUT2D eigenvalue weighted by molar-refractivity contribution is 5.79. The molecule has 0 radical (unpaired) electrons. The zero-order valence-electron chi connectivity index (χ0n) is 10.9. The van der Waals surface area contributed by atoms with E-state index in [1.54, 1.807) is 23.2 Å². The molecule has 0 fully saturated rings. The third-order valence-corrected chi connectivity index (χ3v) is 3.48. The number of carbonyl (C=O) groups excluding carboxylic acids is 1. The Hall–Kier alpha value is -2.30. The molecule has 5 heteroatoms. The van der Waals surface area contributed by atoms with Crippen LogP contribution < -0.4 is 0 Å². The molecule has 0 saturated heterocycles. The third kappa shape index (κ3) is 2.66. The molecule has 1 amide bonds. The van der Waals surface area contributed by atoms with Crippen molar-refractivity contribution >= 4 is 5.91 Å². The number of rotatable bonds is 2. The standard InChI is InChI=1S/C15H14FN3O/c16-13-3-1-11(2-4-13)7-15(20)19-6-5-14-12(9-19)8-17-10-18-14/h1-4,8,10H,5-7,9H2. The van der Waals surface area contributed by atoms with Gasteiger partial charge in [-0.3, -0.25) is 4.79 Å². The second-order valence-electron chi connectivity index (χ2n) is 4.86. The Labute approximate surface area is 116 Å². The number of benzene rings is 1. The maximum atomic E-state index is 12.8. The highest BCUT2D eigenvalue weighted by Gasteiger charge is 2.21. The number of hydrogen-bond donors (Lipinski definition) is 0. The van der Waals surface area contributed by atoms with Gasteiger partial charge in [0.25, 0.3) is 0 Å². The van der Waals surface area contributed by atoms with Crippen LogP contribution in [0.4, 0.5) is 4.39 Å². The van der Waals surface area contributed by atoms with Gasteiger partial charge in [-0.1, -0.05) is 12.1 Å². The Morgan fingerprint density at radius 1 is 1.30 bits per heavy atom. The van der Waals surface area contributed by atoms with E-state index in [1.807, 2.05) is 0 Å². The minimum Gasteiger partial charge on any atom is -0.338 e. The molecule has 102 valence electrons. The van der Waals surface area contributed by atoms with Crippen LogP contribution >= 0.6 is 0 Å². The van der Waals surface area contributed by atoms with E-state index in [4.69, 9.17) is 0 Å². The lowest BCUT2D eigenvalue weighted by Gasteiger charge is -2.27. The summed E-state index contributed by atoms with van der Waals surface area (Å²) in [7, 11) is 0. The normalized spacial score (nSPS) is 13.9. The molecule has 0 bridgehead atoms. The summed E-state index contributed by atoms with van der Waals surface area (Å²) < 4.78 is 12.8. The Balaban J connectivity index is 1.68. The van der Waals surface area contributed by atoms with Crippen LogP contribution in [0, 0.1) is 5.82 Å². The molecular formula is C15H14FN3O. The van der Waals surface area contributed by atoms with Gasteiger partial charge >= 0.3 is 0 Å². The van der Waals surface area contributed by atoms with Gasteiger partial charge in [0.1, 0.15) is 12.1 Å². The zero-order chi connectivity index (χ0) is 13.9. The van der Waals surface area contributed by atoms with Crippen molar-refractivity contribution in [1.29, 1.82) is 0 Å². The topological polar surface area (TPSA) is 46.1 Å². The van der Waals surface area contributed by atoms with Crippen LogP contribution in [-0.2, 0) is 24.2 Å². The molecule has 1 aliphatic heterocycles. The number of amides is 1. The van der Waals surface area contributed by atoms with Crippen molar-refractivity contribution < 1.29 is 9.18 Å². The fourth-order valence-electron chi connectivity index (χ4n) is 2.37. The first-order chi connectivity index (χ1) is 9.72. The second kappa shape index (κ2) is 5.36. The highest BCUT2D eigenvalue weighted by Crippen LogP contribution is 2.16. The third-order valence-electron chi connectivity index (χ3n) is 3.48. The SMILES string of the molecule is O=C(Cc1ccc(F)cc1)N1CCc2ncncc2C1.